The number of aromatic nitrogens is 5. The second kappa shape index (κ2) is 12.2. The van der Waals surface area contributed by atoms with Crippen LogP contribution in [0.25, 0.3) is 55.4 Å². The van der Waals surface area contributed by atoms with Gasteiger partial charge in [0.15, 0.2) is 0 Å². The quantitative estimate of drug-likeness (QED) is 0.195. The van der Waals surface area contributed by atoms with Crippen LogP contribution in [0.4, 0.5) is 10.1 Å². The first kappa shape index (κ1) is 29.0. The summed E-state index contributed by atoms with van der Waals surface area (Å²) >= 11 is 0. The number of likely N-dealkylation sites (N-methyl/N-ethyl adjacent to an activating group) is 2. The number of rotatable bonds is 10. The Bertz CT molecular complexity index is 1960. The fourth-order valence-electron chi connectivity index (χ4n) is 5.11. The molecule has 6 rings (SSSR count). The highest BCUT2D eigenvalue weighted by Crippen LogP contribution is 2.36. The second-order valence-corrected chi connectivity index (χ2v) is 11.2. The Kier molecular flexibility index (Phi) is 8.05. The number of carbonyl (C=O) groups is 1. The molecule has 0 radical (unpaired) electrons. The number of ether oxygens (including phenoxy) is 1. The highest BCUT2D eigenvalue weighted by atomic mass is 19.1. The average molecular weight is 593 g/mol. The van der Waals surface area contributed by atoms with E-state index in [2.05, 4.69) is 30.5 Å². The molecule has 0 bridgehead atoms. The third kappa shape index (κ3) is 6.29. The summed E-state index contributed by atoms with van der Waals surface area (Å²) in [5, 5.41) is 12.4. The number of aromatic amines is 2. The van der Waals surface area contributed by atoms with E-state index in [-0.39, 0.29) is 18.3 Å². The van der Waals surface area contributed by atoms with Crippen LogP contribution in [-0.4, -0.2) is 88.7 Å². The predicted octanol–water partition coefficient (Wildman–Crippen LogP) is 5.41. The zero-order chi connectivity index (χ0) is 30.8. The van der Waals surface area contributed by atoms with Gasteiger partial charge >= 0.3 is 0 Å². The summed E-state index contributed by atoms with van der Waals surface area (Å²) in [5.74, 6) is -0.0199. The van der Waals surface area contributed by atoms with Crippen LogP contribution in [0.3, 0.4) is 0 Å². The van der Waals surface area contributed by atoms with Crippen LogP contribution in [0.2, 0.25) is 0 Å². The van der Waals surface area contributed by atoms with Crippen LogP contribution in [0.5, 0.6) is 5.75 Å². The van der Waals surface area contributed by atoms with Gasteiger partial charge in [0.25, 0.3) is 0 Å². The Morgan fingerprint density at radius 1 is 0.864 bits per heavy atom. The summed E-state index contributed by atoms with van der Waals surface area (Å²) in [6, 6.07) is 14.6. The standard InChI is InChI=1S/C33H33FN8O2/c1-41(2)7-8-44-25-11-21(9-23(34)13-25)28-17-36-18-31-26(28)14-30(38-31)33-27-12-20(5-6-29(27)39-40-33)22-10-24(16-35-15-22)37-32(43)19-42(3)4/h5-6,9-18,38H,7-8,19H2,1-4H3,(H,37,43)(H,39,40). The number of fused-ring (bicyclic) bond motifs is 2. The van der Waals surface area contributed by atoms with E-state index in [1.54, 1.807) is 29.7 Å². The lowest BCUT2D eigenvalue weighted by Gasteiger charge is -2.12. The Morgan fingerprint density at radius 2 is 1.70 bits per heavy atom. The number of hydrogen-bond donors (Lipinski definition) is 3. The minimum Gasteiger partial charge on any atom is -0.492 e. The molecule has 3 N–H and O–H groups in total. The molecule has 0 fully saturated rings. The van der Waals surface area contributed by atoms with Crippen LogP contribution in [0.15, 0.2) is 73.3 Å². The van der Waals surface area contributed by atoms with E-state index >= 15 is 0 Å². The third-order valence-corrected chi connectivity index (χ3v) is 7.17. The van der Waals surface area contributed by atoms with Gasteiger partial charge in [-0.15, -0.1) is 0 Å². The number of carbonyl (C=O) groups excluding carboxylic acids is 1. The Balaban J connectivity index is 1.33. The molecular weight excluding hydrogens is 559 g/mol. The van der Waals surface area contributed by atoms with E-state index in [4.69, 9.17) is 4.74 Å². The summed E-state index contributed by atoms with van der Waals surface area (Å²) in [7, 11) is 7.61. The monoisotopic (exact) mass is 592 g/mol. The Morgan fingerprint density at radius 3 is 2.52 bits per heavy atom. The largest absolute Gasteiger partial charge is 0.492 e. The second-order valence-electron chi connectivity index (χ2n) is 11.2. The van der Waals surface area contributed by atoms with Crippen molar-refractivity contribution in [3.05, 3.63) is 79.1 Å². The molecule has 44 heavy (non-hydrogen) atoms. The van der Waals surface area contributed by atoms with Crippen LogP contribution >= 0.6 is 0 Å². The molecule has 1 amide bonds. The van der Waals surface area contributed by atoms with Gasteiger partial charge in [-0.1, -0.05) is 6.07 Å². The number of anilines is 1. The molecule has 4 heterocycles. The van der Waals surface area contributed by atoms with Gasteiger partial charge in [0, 0.05) is 46.9 Å². The van der Waals surface area contributed by atoms with Gasteiger partial charge in [-0.05, 0) is 75.7 Å². The van der Waals surface area contributed by atoms with E-state index in [0.29, 0.717) is 23.6 Å². The molecule has 4 aromatic heterocycles. The van der Waals surface area contributed by atoms with Crippen molar-refractivity contribution in [1.29, 1.82) is 0 Å². The SMILES string of the molecule is CN(C)CCOc1cc(F)cc(-c2cncc3[nH]c(-c4n[nH]c5ccc(-c6cncc(NC(=O)CN(C)C)c6)cc45)cc23)c1. The maximum atomic E-state index is 14.7. The van der Waals surface area contributed by atoms with Crippen LogP contribution < -0.4 is 10.1 Å². The minimum absolute atomic E-state index is 0.111. The summed E-state index contributed by atoms with van der Waals surface area (Å²) in [5.41, 5.74) is 7.06. The van der Waals surface area contributed by atoms with Crippen molar-refractivity contribution in [2.45, 2.75) is 0 Å². The van der Waals surface area contributed by atoms with Gasteiger partial charge in [-0.25, -0.2) is 4.39 Å². The lowest BCUT2D eigenvalue weighted by Crippen LogP contribution is -2.27. The van der Waals surface area contributed by atoms with Gasteiger partial charge in [0.1, 0.15) is 23.9 Å². The molecule has 0 aliphatic rings. The van der Waals surface area contributed by atoms with Gasteiger partial charge in [0.2, 0.25) is 5.91 Å². The minimum atomic E-state index is -0.378. The van der Waals surface area contributed by atoms with E-state index < -0.39 is 0 Å². The molecule has 0 spiro atoms. The number of benzene rings is 2. The molecule has 6 aromatic rings. The highest BCUT2D eigenvalue weighted by molar-refractivity contribution is 6.01. The molecule has 0 atom stereocenters. The van der Waals surface area contributed by atoms with E-state index in [0.717, 1.165) is 56.4 Å². The highest BCUT2D eigenvalue weighted by Gasteiger charge is 2.16. The number of halogens is 1. The lowest BCUT2D eigenvalue weighted by atomic mass is 10.0. The molecule has 224 valence electrons. The van der Waals surface area contributed by atoms with Gasteiger partial charge < -0.3 is 24.8 Å². The maximum Gasteiger partial charge on any atom is 0.238 e. The van der Waals surface area contributed by atoms with Crippen LogP contribution in [0, 0.1) is 5.82 Å². The average Bonchev–Trinajstić information content (AvgIpc) is 3.60. The van der Waals surface area contributed by atoms with Gasteiger partial charge in [-0.2, -0.15) is 5.10 Å². The maximum absolute atomic E-state index is 14.7. The summed E-state index contributed by atoms with van der Waals surface area (Å²) < 4.78 is 20.5. The number of nitrogens with zero attached hydrogens (tertiary/aromatic N) is 5. The third-order valence-electron chi connectivity index (χ3n) is 7.17. The molecule has 0 saturated heterocycles. The van der Waals surface area contributed by atoms with Gasteiger partial charge in [-0.3, -0.25) is 19.9 Å². The van der Waals surface area contributed by atoms with Crippen LogP contribution in [-0.2, 0) is 4.79 Å². The normalized spacial score (nSPS) is 11.6. The zero-order valence-electron chi connectivity index (χ0n) is 25.0. The zero-order valence-corrected chi connectivity index (χ0v) is 25.0. The number of H-pyrrole nitrogens is 2. The molecule has 0 aliphatic heterocycles. The number of nitrogens with one attached hydrogen (secondary N) is 3. The first-order valence-electron chi connectivity index (χ1n) is 14.2. The summed E-state index contributed by atoms with van der Waals surface area (Å²) in [6.45, 7) is 1.45. The van der Waals surface area contributed by atoms with Crippen molar-refractivity contribution >= 4 is 33.4 Å². The first-order valence-corrected chi connectivity index (χ1v) is 14.2. The summed E-state index contributed by atoms with van der Waals surface area (Å²) in [4.78, 5) is 28.3. The lowest BCUT2D eigenvalue weighted by molar-refractivity contribution is -0.116. The van der Waals surface area contributed by atoms with Gasteiger partial charge in [0.05, 0.1) is 41.4 Å². The molecule has 0 unspecified atom stereocenters. The van der Waals surface area contributed by atoms with Crippen molar-refractivity contribution in [2.75, 3.05) is 53.2 Å². The molecule has 10 nitrogen and oxygen atoms in total. The fraction of sp³-hybridized carbons (Fsp3) is 0.212. The Hall–Kier alpha value is -5.13. The smallest absolute Gasteiger partial charge is 0.238 e. The molecule has 11 heteroatoms. The predicted molar refractivity (Wildman–Crippen MR) is 171 cm³/mol. The van der Waals surface area contributed by atoms with Crippen molar-refractivity contribution in [2.24, 2.45) is 0 Å². The fourth-order valence-corrected chi connectivity index (χ4v) is 5.11. The number of amides is 1. The van der Waals surface area contributed by atoms with E-state index in [1.807, 2.05) is 69.5 Å². The molecule has 0 saturated carbocycles. The topological polar surface area (TPSA) is 115 Å². The van der Waals surface area contributed by atoms with Crippen LogP contribution in [0.1, 0.15) is 0 Å². The van der Waals surface area contributed by atoms with Crippen molar-refractivity contribution < 1.29 is 13.9 Å². The number of pyridine rings is 2. The van der Waals surface area contributed by atoms with E-state index in [1.165, 1.54) is 12.1 Å². The van der Waals surface area contributed by atoms with Crippen molar-refractivity contribution in [1.82, 2.24) is 34.9 Å². The van der Waals surface area contributed by atoms with Crippen molar-refractivity contribution in [3.8, 4) is 39.4 Å². The van der Waals surface area contributed by atoms with E-state index in [9.17, 15) is 9.18 Å². The Labute approximate surface area is 253 Å². The number of hydrogen-bond acceptors (Lipinski definition) is 7. The summed E-state index contributed by atoms with van der Waals surface area (Å²) in [6.07, 6.45) is 6.88. The first-order chi connectivity index (χ1) is 21.2. The van der Waals surface area contributed by atoms with Crippen molar-refractivity contribution in [3.63, 3.8) is 0 Å². The molecular formula is C33H33FN8O2. The molecule has 2 aromatic carbocycles. The molecule has 0 aliphatic carbocycles.